The Hall–Kier alpha value is -2.62. The summed E-state index contributed by atoms with van der Waals surface area (Å²) in [6.07, 6.45) is 1.57. The van der Waals surface area contributed by atoms with E-state index in [9.17, 15) is 18.0 Å². The minimum Gasteiger partial charge on any atom is -0.484 e. The van der Waals surface area contributed by atoms with Gasteiger partial charge in [-0.15, -0.1) is 0 Å². The van der Waals surface area contributed by atoms with E-state index >= 15 is 0 Å². The molecule has 0 unspecified atom stereocenters. The number of benzene rings is 2. The summed E-state index contributed by atoms with van der Waals surface area (Å²) >= 11 is 6.08. The van der Waals surface area contributed by atoms with Crippen molar-refractivity contribution in [3.05, 3.63) is 58.6 Å². The van der Waals surface area contributed by atoms with Gasteiger partial charge in [0.15, 0.2) is 6.61 Å². The van der Waals surface area contributed by atoms with Crippen LogP contribution in [0.5, 0.6) is 5.75 Å². The summed E-state index contributed by atoms with van der Waals surface area (Å²) in [5.41, 5.74) is 5.52. The number of aryl methyl sites for hydroxylation is 1. The van der Waals surface area contributed by atoms with Crippen LogP contribution in [0.4, 0.5) is 0 Å². The van der Waals surface area contributed by atoms with Crippen molar-refractivity contribution in [2.24, 2.45) is 0 Å². The van der Waals surface area contributed by atoms with Gasteiger partial charge in [-0.1, -0.05) is 23.7 Å². The van der Waals surface area contributed by atoms with Crippen LogP contribution in [-0.4, -0.2) is 44.2 Å². The van der Waals surface area contributed by atoms with E-state index in [0.29, 0.717) is 18.8 Å². The molecule has 1 aliphatic rings. The summed E-state index contributed by atoms with van der Waals surface area (Å²) in [6, 6.07) is 11.1. The van der Waals surface area contributed by atoms with Crippen molar-refractivity contribution in [3.8, 4) is 5.75 Å². The molecule has 1 saturated heterocycles. The molecular weight excluding hydrogens is 430 g/mol. The van der Waals surface area contributed by atoms with Crippen LogP contribution >= 0.6 is 11.6 Å². The van der Waals surface area contributed by atoms with Crippen LogP contribution < -0.4 is 15.6 Å². The fraction of sp³-hybridized carbons (Fsp3) is 0.300. The molecule has 0 aromatic heterocycles. The number of carbonyl (C=O) groups is 2. The summed E-state index contributed by atoms with van der Waals surface area (Å²) in [7, 11) is -3.79. The van der Waals surface area contributed by atoms with Gasteiger partial charge in [0, 0.05) is 18.7 Å². The molecule has 0 spiro atoms. The third kappa shape index (κ3) is 5.29. The minimum atomic E-state index is -3.79. The topological polar surface area (TPSA) is 105 Å². The van der Waals surface area contributed by atoms with Gasteiger partial charge >= 0.3 is 0 Å². The summed E-state index contributed by atoms with van der Waals surface area (Å²) in [5.74, 6) is -0.705. The summed E-state index contributed by atoms with van der Waals surface area (Å²) in [4.78, 5) is 24.1. The van der Waals surface area contributed by atoms with Crippen molar-refractivity contribution in [1.82, 2.24) is 15.2 Å². The fourth-order valence-corrected chi connectivity index (χ4v) is 5.02. The van der Waals surface area contributed by atoms with E-state index in [1.54, 1.807) is 18.2 Å². The van der Waals surface area contributed by atoms with Crippen molar-refractivity contribution in [2.45, 2.75) is 24.7 Å². The number of halogens is 1. The first-order valence-corrected chi connectivity index (χ1v) is 11.2. The Morgan fingerprint density at radius 2 is 1.83 bits per heavy atom. The first-order chi connectivity index (χ1) is 14.3. The molecule has 8 nitrogen and oxygen atoms in total. The summed E-state index contributed by atoms with van der Waals surface area (Å²) in [6.45, 7) is 2.45. The normalized spacial score (nSPS) is 14.3. The molecule has 30 heavy (non-hydrogen) atoms. The zero-order chi connectivity index (χ0) is 21.7. The van der Waals surface area contributed by atoms with Gasteiger partial charge in [-0.3, -0.25) is 20.4 Å². The molecule has 2 aromatic carbocycles. The number of nitrogens with one attached hydrogen (secondary N) is 2. The smallest absolute Gasteiger partial charge is 0.276 e. The molecule has 2 N–H and O–H groups in total. The molecule has 10 heteroatoms. The molecule has 2 amide bonds. The average Bonchev–Trinajstić information content (AvgIpc) is 3.26. The molecule has 0 atom stereocenters. The van der Waals surface area contributed by atoms with E-state index in [1.807, 2.05) is 13.0 Å². The molecule has 1 fully saturated rings. The predicted octanol–water partition coefficient (Wildman–Crippen LogP) is 2.27. The van der Waals surface area contributed by atoms with Gasteiger partial charge in [0.05, 0.1) is 5.02 Å². The molecule has 1 heterocycles. The fourth-order valence-electron chi connectivity index (χ4n) is 3.00. The van der Waals surface area contributed by atoms with E-state index in [2.05, 4.69) is 10.9 Å². The average molecular weight is 452 g/mol. The number of rotatable bonds is 6. The highest BCUT2D eigenvalue weighted by Crippen LogP contribution is 2.28. The second-order valence-corrected chi connectivity index (χ2v) is 9.18. The number of carbonyl (C=O) groups excluding carboxylic acids is 2. The maximum atomic E-state index is 12.8. The quantitative estimate of drug-likeness (QED) is 0.655. The first-order valence-electron chi connectivity index (χ1n) is 9.36. The molecule has 2 aromatic rings. The lowest BCUT2D eigenvalue weighted by Crippen LogP contribution is -2.43. The number of ether oxygens (including phenoxy) is 1. The highest BCUT2D eigenvalue weighted by Gasteiger charge is 2.29. The van der Waals surface area contributed by atoms with Crippen LogP contribution in [0.25, 0.3) is 0 Å². The van der Waals surface area contributed by atoms with Gasteiger partial charge in [0.2, 0.25) is 10.0 Å². The van der Waals surface area contributed by atoms with E-state index in [1.165, 1.54) is 22.5 Å². The van der Waals surface area contributed by atoms with E-state index in [0.717, 1.165) is 18.4 Å². The number of nitrogens with zero attached hydrogens (tertiary/aromatic N) is 1. The van der Waals surface area contributed by atoms with Crippen molar-refractivity contribution in [1.29, 1.82) is 0 Å². The highest BCUT2D eigenvalue weighted by atomic mass is 35.5. The lowest BCUT2D eigenvalue weighted by molar-refractivity contribution is -0.123. The van der Waals surface area contributed by atoms with Gasteiger partial charge in [-0.05, 0) is 55.7 Å². The first kappa shape index (κ1) is 22.1. The number of amides is 2. The van der Waals surface area contributed by atoms with Crippen molar-refractivity contribution in [2.75, 3.05) is 19.7 Å². The number of sulfonamides is 1. The molecular formula is C20H22ClN3O5S. The van der Waals surface area contributed by atoms with Gasteiger partial charge in [0.25, 0.3) is 11.8 Å². The van der Waals surface area contributed by atoms with Gasteiger partial charge in [-0.25, -0.2) is 8.42 Å². The zero-order valence-corrected chi connectivity index (χ0v) is 17.9. The van der Waals surface area contributed by atoms with Gasteiger partial charge in [-0.2, -0.15) is 4.31 Å². The zero-order valence-electron chi connectivity index (χ0n) is 16.4. The van der Waals surface area contributed by atoms with Gasteiger partial charge < -0.3 is 4.74 Å². The third-order valence-corrected chi connectivity index (χ3v) is 6.93. The number of hydrazine groups is 1. The van der Waals surface area contributed by atoms with E-state index in [-0.39, 0.29) is 22.1 Å². The minimum absolute atomic E-state index is 0.0361. The molecule has 1 aliphatic heterocycles. The maximum Gasteiger partial charge on any atom is 0.276 e. The Bertz CT molecular complexity index is 1050. The van der Waals surface area contributed by atoms with Crippen LogP contribution in [0.3, 0.4) is 0 Å². The number of hydrogen-bond donors (Lipinski definition) is 2. The van der Waals surface area contributed by atoms with Crippen LogP contribution in [0.15, 0.2) is 47.4 Å². The van der Waals surface area contributed by atoms with Crippen molar-refractivity contribution >= 4 is 33.4 Å². The van der Waals surface area contributed by atoms with Crippen LogP contribution in [0.2, 0.25) is 5.02 Å². The molecule has 0 saturated carbocycles. The van der Waals surface area contributed by atoms with Crippen molar-refractivity contribution < 1.29 is 22.7 Å². The molecule has 3 rings (SSSR count). The van der Waals surface area contributed by atoms with Crippen molar-refractivity contribution in [3.63, 3.8) is 0 Å². The Morgan fingerprint density at radius 3 is 2.53 bits per heavy atom. The Kier molecular flexibility index (Phi) is 6.96. The van der Waals surface area contributed by atoms with Gasteiger partial charge in [0.1, 0.15) is 10.6 Å². The van der Waals surface area contributed by atoms with E-state index < -0.39 is 21.8 Å². The monoisotopic (exact) mass is 451 g/mol. The highest BCUT2D eigenvalue weighted by molar-refractivity contribution is 7.89. The largest absolute Gasteiger partial charge is 0.484 e. The Morgan fingerprint density at radius 1 is 1.10 bits per heavy atom. The summed E-state index contributed by atoms with van der Waals surface area (Å²) in [5, 5.41) is 0.0361. The molecule has 0 aliphatic carbocycles. The third-order valence-electron chi connectivity index (χ3n) is 4.55. The van der Waals surface area contributed by atoms with Crippen LogP contribution in [0.1, 0.15) is 28.8 Å². The second kappa shape index (κ2) is 9.46. The SMILES string of the molecule is Cc1cccc(OCC(=O)NNC(=O)c2ccc(Cl)c(S(=O)(=O)N3CCCC3)c2)c1. The maximum absolute atomic E-state index is 12.8. The predicted molar refractivity (Wildman–Crippen MR) is 112 cm³/mol. The Labute approximate surface area is 180 Å². The molecule has 0 radical (unpaired) electrons. The lowest BCUT2D eigenvalue weighted by Gasteiger charge is -2.17. The molecule has 0 bridgehead atoms. The second-order valence-electron chi connectivity index (χ2n) is 6.86. The Balaban J connectivity index is 1.60. The number of hydrogen-bond acceptors (Lipinski definition) is 5. The van der Waals surface area contributed by atoms with E-state index in [4.69, 9.17) is 16.3 Å². The standard InChI is InChI=1S/C20H22ClN3O5S/c1-14-5-4-6-16(11-14)29-13-19(25)22-23-20(26)15-7-8-17(21)18(12-15)30(27,28)24-9-2-3-10-24/h4-8,11-12H,2-3,9-10,13H2,1H3,(H,22,25)(H,23,26). The lowest BCUT2D eigenvalue weighted by atomic mass is 10.2. The molecule has 160 valence electrons. The van der Waals surface area contributed by atoms with Crippen LogP contribution in [-0.2, 0) is 14.8 Å². The van der Waals surface area contributed by atoms with Crippen LogP contribution in [0, 0.1) is 6.92 Å². The summed E-state index contributed by atoms with van der Waals surface area (Å²) < 4.78 is 32.2.